The maximum atomic E-state index is 13.3. The Bertz CT molecular complexity index is 1060. The molecular formula is C22H25FN6OS. The molecule has 0 radical (unpaired) electrons. The fourth-order valence-corrected chi connectivity index (χ4v) is 5.28. The van der Waals surface area contributed by atoms with Gasteiger partial charge in [0.2, 0.25) is 0 Å². The van der Waals surface area contributed by atoms with E-state index in [1.54, 1.807) is 18.5 Å². The SMILES string of the molecule is O=C(NC1CCCCC1)N1CCN(c2ncnc3c(-c4ccc(F)cc4)nsc23)CC1. The highest BCUT2D eigenvalue weighted by atomic mass is 32.1. The molecule has 9 heteroatoms. The van der Waals surface area contributed by atoms with Crippen LogP contribution in [-0.2, 0) is 0 Å². The molecule has 1 aliphatic heterocycles. The first kappa shape index (κ1) is 20.1. The number of carbonyl (C=O) groups excluding carboxylic acids is 1. The van der Waals surface area contributed by atoms with Crippen LogP contribution >= 0.6 is 11.5 Å². The van der Waals surface area contributed by atoms with E-state index in [2.05, 4.69) is 24.6 Å². The summed E-state index contributed by atoms with van der Waals surface area (Å²) in [4.78, 5) is 25.7. The summed E-state index contributed by atoms with van der Waals surface area (Å²) < 4.78 is 18.8. The molecule has 1 saturated heterocycles. The van der Waals surface area contributed by atoms with E-state index in [-0.39, 0.29) is 11.8 Å². The van der Waals surface area contributed by atoms with Gasteiger partial charge in [0.15, 0.2) is 5.82 Å². The third-order valence-corrected chi connectivity index (χ3v) is 6.99. The normalized spacial score (nSPS) is 17.8. The van der Waals surface area contributed by atoms with E-state index in [1.165, 1.54) is 42.9 Å². The first-order valence-corrected chi connectivity index (χ1v) is 11.6. The van der Waals surface area contributed by atoms with Gasteiger partial charge in [-0.3, -0.25) is 0 Å². The quantitative estimate of drug-likeness (QED) is 0.665. The van der Waals surface area contributed by atoms with E-state index in [1.807, 2.05) is 4.90 Å². The summed E-state index contributed by atoms with van der Waals surface area (Å²) in [5.41, 5.74) is 2.36. The monoisotopic (exact) mass is 440 g/mol. The number of hydrogen-bond acceptors (Lipinski definition) is 6. The fourth-order valence-electron chi connectivity index (χ4n) is 4.41. The van der Waals surface area contributed by atoms with E-state index >= 15 is 0 Å². The molecular weight excluding hydrogens is 415 g/mol. The van der Waals surface area contributed by atoms with Crippen LogP contribution in [0.15, 0.2) is 30.6 Å². The standard InChI is InChI=1S/C22H25FN6OS/c23-16-8-6-15(7-9-16)18-19-20(31-27-18)21(25-14-24-19)28-10-12-29(13-11-28)22(30)26-17-4-2-1-3-5-17/h6-9,14,17H,1-5,10-13H2,(H,26,30). The number of fused-ring (bicyclic) bond motifs is 1. The minimum Gasteiger partial charge on any atom is -0.352 e. The topological polar surface area (TPSA) is 74.2 Å². The van der Waals surface area contributed by atoms with Crippen LogP contribution in [-0.4, -0.2) is 57.5 Å². The lowest BCUT2D eigenvalue weighted by Crippen LogP contribution is -2.53. The summed E-state index contributed by atoms with van der Waals surface area (Å²) in [7, 11) is 0. The second kappa shape index (κ2) is 8.74. The number of piperazine rings is 1. The number of carbonyl (C=O) groups is 1. The number of rotatable bonds is 3. The molecule has 162 valence electrons. The van der Waals surface area contributed by atoms with Crippen LogP contribution in [0.2, 0.25) is 0 Å². The minimum atomic E-state index is -0.274. The van der Waals surface area contributed by atoms with Crippen molar-refractivity contribution in [2.24, 2.45) is 0 Å². The minimum absolute atomic E-state index is 0.0516. The lowest BCUT2D eigenvalue weighted by atomic mass is 9.96. The predicted molar refractivity (Wildman–Crippen MR) is 120 cm³/mol. The molecule has 1 aliphatic carbocycles. The van der Waals surface area contributed by atoms with Gasteiger partial charge in [-0.25, -0.2) is 19.2 Å². The number of amides is 2. The molecule has 7 nitrogen and oxygen atoms in total. The Hall–Kier alpha value is -2.81. The van der Waals surface area contributed by atoms with Gasteiger partial charge in [-0.15, -0.1) is 0 Å². The number of urea groups is 1. The molecule has 1 N–H and O–H groups in total. The lowest BCUT2D eigenvalue weighted by molar-refractivity contribution is 0.186. The van der Waals surface area contributed by atoms with Crippen molar-refractivity contribution in [3.63, 3.8) is 0 Å². The van der Waals surface area contributed by atoms with Crippen LogP contribution in [0.1, 0.15) is 32.1 Å². The van der Waals surface area contributed by atoms with Gasteiger partial charge in [0.1, 0.15) is 28.1 Å². The van der Waals surface area contributed by atoms with E-state index in [0.29, 0.717) is 32.2 Å². The van der Waals surface area contributed by atoms with Crippen LogP contribution < -0.4 is 10.2 Å². The zero-order valence-electron chi connectivity index (χ0n) is 17.3. The first-order valence-electron chi connectivity index (χ1n) is 10.9. The largest absolute Gasteiger partial charge is 0.352 e. The Morgan fingerprint density at radius 3 is 2.52 bits per heavy atom. The van der Waals surface area contributed by atoms with Crippen molar-refractivity contribution in [1.29, 1.82) is 0 Å². The number of nitrogens with zero attached hydrogens (tertiary/aromatic N) is 5. The van der Waals surface area contributed by atoms with E-state index in [4.69, 9.17) is 0 Å². The van der Waals surface area contributed by atoms with Crippen LogP contribution in [0, 0.1) is 5.82 Å². The van der Waals surface area contributed by atoms with Crippen LogP contribution in [0.5, 0.6) is 0 Å². The molecule has 3 heterocycles. The van der Waals surface area contributed by atoms with Crippen LogP contribution in [0.4, 0.5) is 15.0 Å². The maximum Gasteiger partial charge on any atom is 0.317 e. The summed E-state index contributed by atoms with van der Waals surface area (Å²) in [6.07, 6.45) is 7.42. The molecule has 2 amide bonds. The molecule has 2 fully saturated rings. The van der Waals surface area contributed by atoms with Gasteiger partial charge in [0, 0.05) is 37.8 Å². The Morgan fingerprint density at radius 1 is 1.03 bits per heavy atom. The number of benzene rings is 1. The van der Waals surface area contributed by atoms with Gasteiger partial charge in [0.05, 0.1) is 0 Å². The Balaban J connectivity index is 1.28. The number of anilines is 1. The highest BCUT2D eigenvalue weighted by Crippen LogP contribution is 2.34. The third kappa shape index (κ3) is 4.19. The summed E-state index contributed by atoms with van der Waals surface area (Å²) in [5, 5.41) is 3.21. The number of halogens is 1. The highest BCUT2D eigenvalue weighted by molar-refractivity contribution is 7.14. The lowest BCUT2D eigenvalue weighted by Gasteiger charge is -2.36. The van der Waals surface area contributed by atoms with Gasteiger partial charge in [-0.1, -0.05) is 19.3 Å². The molecule has 0 unspecified atom stereocenters. The van der Waals surface area contributed by atoms with Gasteiger partial charge in [-0.05, 0) is 48.6 Å². The molecule has 0 atom stereocenters. The number of nitrogens with one attached hydrogen (secondary N) is 1. The molecule has 2 aliphatic rings. The third-order valence-electron chi connectivity index (χ3n) is 6.15. The van der Waals surface area contributed by atoms with Crippen LogP contribution in [0.25, 0.3) is 21.5 Å². The van der Waals surface area contributed by atoms with Crippen molar-refractivity contribution in [3.05, 3.63) is 36.4 Å². The average molecular weight is 441 g/mol. The Kier molecular flexibility index (Phi) is 5.67. The van der Waals surface area contributed by atoms with Gasteiger partial charge in [0.25, 0.3) is 0 Å². The van der Waals surface area contributed by atoms with Crippen molar-refractivity contribution < 1.29 is 9.18 Å². The Labute approximate surface area is 184 Å². The van der Waals surface area contributed by atoms with Crippen molar-refractivity contribution in [1.82, 2.24) is 24.6 Å². The van der Waals surface area contributed by atoms with Crippen molar-refractivity contribution >= 4 is 33.6 Å². The van der Waals surface area contributed by atoms with E-state index < -0.39 is 0 Å². The van der Waals surface area contributed by atoms with Crippen LogP contribution in [0.3, 0.4) is 0 Å². The van der Waals surface area contributed by atoms with E-state index in [9.17, 15) is 9.18 Å². The average Bonchev–Trinajstić information content (AvgIpc) is 3.25. The van der Waals surface area contributed by atoms with Crippen molar-refractivity contribution in [2.45, 2.75) is 38.1 Å². The first-order chi connectivity index (χ1) is 15.2. The van der Waals surface area contributed by atoms with Crippen molar-refractivity contribution in [3.8, 4) is 11.3 Å². The highest BCUT2D eigenvalue weighted by Gasteiger charge is 2.26. The summed E-state index contributed by atoms with van der Waals surface area (Å²) in [6, 6.07) is 6.67. The summed E-state index contributed by atoms with van der Waals surface area (Å²) in [5.74, 6) is 0.576. The smallest absolute Gasteiger partial charge is 0.317 e. The zero-order chi connectivity index (χ0) is 21.2. The molecule has 0 bridgehead atoms. The summed E-state index contributed by atoms with van der Waals surface area (Å²) >= 11 is 1.36. The fraction of sp³-hybridized carbons (Fsp3) is 0.455. The second-order valence-corrected chi connectivity index (χ2v) is 8.94. The van der Waals surface area contributed by atoms with Crippen molar-refractivity contribution in [2.75, 3.05) is 31.1 Å². The molecule has 2 aromatic heterocycles. The predicted octanol–water partition coefficient (Wildman–Crippen LogP) is 4.06. The molecule has 1 saturated carbocycles. The summed E-state index contributed by atoms with van der Waals surface area (Å²) in [6.45, 7) is 2.75. The van der Waals surface area contributed by atoms with Gasteiger partial charge < -0.3 is 15.1 Å². The molecule has 0 spiro atoms. The van der Waals surface area contributed by atoms with Gasteiger partial charge in [-0.2, -0.15) is 4.37 Å². The number of aromatic nitrogens is 3. The molecule has 3 aromatic rings. The van der Waals surface area contributed by atoms with E-state index in [0.717, 1.165) is 40.1 Å². The Morgan fingerprint density at radius 2 is 1.77 bits per heavy atom. The second-order valence-electron chi connectivity index (χ2n) is 8.17. The van der Waals surface area contributed by atoms with Gasteiger partial charge >= 0.3 is 6.03 Å². The number of hydrogen-bond donors (Lipinski definition) is 1. The molecule has 1 aromatic carbocycles. The molecule has 31 heavy (non-hydrogen) atoms. The maximum absolute atomic E-state index is 13.3. The molecule has 5 rings (SSSR count). The zero-order valence-corrected chi connectivity index (χ0v) is 18.1.